The molecule has 0 aliphatic heterocycles. The number of carbonyl (C=O) groups is 1. The molecule has 1 N–H and O–H groups in total. The molecule has 1 fully saturated rings. The van der Waals surface area contributed by atoms with E-state index in [9.17, 15) is 4.79 Å². The third kappa shape index (κ3) is 2.29. The van der Waals surface area contributed by atoms with E-state index in [0.29, 0.717) is 5.95 Å². The van der Waals surface area contributed by atoms with Crippen molar-refractivity contribution < 1.29 is 4.79 Å². The van der Waals surface area contributed by atoms with Crippen molar-refractivity contribution >= 4 is 33.4 Å². The summed E-state index contributed by atoms with van der Waals surface area (Å²) in [6.07, 6.45) is 2.70. The van der Waals surface area contributed by atoms with E-state index < -0.39 is 0 Å². The van der Waals surface area contributed by atoms with Crippen molar-refractivity contribution in [2.75, 3.05) is 5.32 Å². The number of rotatable bonds is 3. The fraction of sp³-hybridized carbons (Fsp3) is 0.188. The smallest absolute Gasteiger partial charge is 0.235 e. The summed E-state index contributed by atoms with van der Waals surface area (Å²) >= 11 is 3.55. The number of aromatic nitrogens is 3. The number of anilines is 1. The first kappa shape index (κ1) is 13.5. The molecule has 0 radical (unpaired) electrons. The lowest BCUT2D eigenvalue weighted by Gasteiger charge is -2.04. The van der Waals surface area contributed by atoms with Gasteiger partial charge in [-0.15, -0.1) is 10.2 Å². The first-order valence-electron chi connectivity index (χ1n) is 7.09. The highest BCUT2D eigenvalue weighted by atomic mass is 79.9. The Morgan fingerprint density at radius 1 is 1.18 bits per heavy atom. The molecule has 3 aromatic rings. The Balaban J connectivity index is 1.51. The van der Waals surface area contributed by atoms with Gasteiger partial charge in [-0.1, -0.05) is 40.2 Å². The summed E-state index contributed by atoms with van der Waals surface area (Å²) in [5.41, 5.74) is 1.91. The number of hydrogen-bond acceptors (Lipinski definition) is 3. The van der Waals surface area contributed by atoms with E-state index in [-0.39, 0.29) is 17.7 Å². The van der Waals surface area contributed by atoms with Crippen LogP contribution in [0.1, 0.15) is 17.9 Å². The molecule has 6 heteroatoms. The van der Waals surface area contributed by atoms with Crippen molar-refractivity contribution in [3.05, 3.63) is 58.7 Å². The van der Waals surface area contributed by atoms with Gasteiger partial charge in [-0.25, -0.2) is 0 Å². The lowest BCUT2D eigenvalue weighted by molar-refractivity contribution is -0.117. The number of nitrogens with zero attached hydrogens (tertiary/aromatic N) is 3. The number of hydrogen-bond donors (Lipinski definition) is 1. The molecule has 1 aliphatic rings. The summed E-state index contributed by atoms with van der Waals surface area (Å²) in [5, 5.41) is 10.9. The quantitative estimate of drug-likeness (QED) is 0.783. The summed E-state index contributed by atoms with van der Waals surface area (Å²) < 4.78 is 2.83. The third-order valence-corrected chi connectivity index (χ3v) is 4.70. The van der Waals surface area contributed by atoms with Gasteiger partial charge in [0.25, 0.3) is 0 Å². The van der Waals surface area contributed by atoms with Gasteiger partial charge >= 0.3 is 0 Å². The fourth-order valence-electron chi connectivity index (χ4n) is 2.73. The Hall–Kier alpha value is -2.21. The van der Waals surface area contributed by atoms with Crippen molar-refractivity contribution in [2.45, 2.75) is 12.3 Å². The van der Waals surface area contributed by atoms with E-state index in [4.69, 9.17) is 0 Å². The molecule has 4 rings (SSSR count). The molecule has 0 unspecified atom stereocenters. The minimum Gasteiger partial charge on any atom is -0.294 e. The standard InChI is InChI=1S/C16H13BrN4O/c17-13-6-2-1-5-10(13)11-9-12(11)15(22)18-16-20-19-14-7-3-4-8-21(14)16/h1-8,11-12H,9H2,(H,18,20,22)/t11-,12+/m0/s1. The largest absolute Gasteiger partial charge is 0.294 e. The summed E-state index contributed by atoms with van der Waals surface area (Å²) in [4.78, 5) is 12.4. The van der Waals surface area contributed by atoms with E-state index in [1.807, 2.05) is 42.6 Å². The SMILES string of the molecule is O=C(Nc1nnc2ccccn12)[C@@H]1C[C@H]1c1ccccc1Br. The average Bonchev–Trinajstić information content (AvgIpc) is 3.24. The summed E-state index contributed by atoms with van der Waals surface area (Å²) in [5.74, 6) is 0.738. The van der Waals surface area contributed by atoms with Crippen LogP contribution in [0.3, 0.4) is 0 Å². The molecule has 0 saturated heterocycles. The number of benzene rings is 1. The number of nitrogens with one attached hydrogen (secondary N) is 1. The Bertz CT molecular complexity index is 860. The molecule has 1 aliphatic carbocycles. The minimum absolute atomic E-state index is 0.00101. The number of fused-ring (bicyclic) bond motifs is 1. The van der Waals surface area contributed by atoms with Gasteiger partial charge in [0.15, 0.2) is 5.65 Å². The predicted octanol–water partition coefficient (Wildman–Crippen LogP) is 3.23. The van der Waals surface area contributed by atoms with Crippen LogP contribution in [0.2, 0.25) is 0 Å². The van der Waals surface area contributed by atoms with Gasteiger partial charge in [-0.3, -0.25) is 14.5 Å². The molecular weight excluding hydrogens is 344 g/mol. The molecule has 1 saturated carbocycles. The van der Waals surface area contributed by atoms with Crippen LogP contribution in [0.15, 0.2) is 53.1 Å². The second-order valence-electron chi connectivity index (χ2n) is 5.41. The molecule has 2 heterocycles. The van der Waals surface area contributed by atoms with Crippen LogP contribution < -0.4 is 5.32 Å². The number of amides is 1. The van der Waals surface area contributed by atoms with E-state index in [2.05, 4.69) is 37.5 Å². The highest BCUT2D eigenvalue weighted by molar-refractivity contribution is 9.10. The topological polar surface area (TPSA) is 59.3 Å². The van der Waals surface area contributed by atoms with Crippen LogP contribution in [0.4, 0.5) is 5.95 Å². The molecule has 5 nitrogen and oxygen atoms in total. The van der Waals surface area contributed by atoms with Gasteiger partial charge in [0.05, 0.1) is 0 Å². The van der Waals surface area contributed by atoms with E-state index in [0.717, 1.165) is 16.5 Å². The monoisotopic (exact) mass is 356 g/mol. The summed E-state index contributed by atoms with van der Waals surface area (Å²) in [6, 6.07) is 13.7. The van der Waals surface area contributed by atoms with Crippen molar-refractivity contribution in [3.63, 3.8) is 0 Å². The molecule has 1 amide bonds. The van der Waals surface area contributed by atoms with Crippen LogP contribution in [0.5, 0.6) is 0 Å². The molecule has 0 bridgehead atoms. The zero-order valence-electron chi connectivity index (χ0n) is 11.6. The van der Waals surface area contributed by atoms with Gasteiger partial charge in [-0.2, -0.15) is 0 Å². The Labute approximate surface area is 135 Å². The molecule has 110 valence electrons. The average molecular weight is 357 g/mol. The van der Waals surface area contributed by atoms with E-state index in [1.54, 1.807) is 4.40 Å². The third-order valence-electron chi connectivity index (χ3n) is 3.98. The molecule has 22 heavy (non-hydrogen) atoms. The maximum absolute atomic E-state index is 12.4. The second kappa shape index (κ2) is 5.21. The van der Waals surface area contributed by atoms with Crippen LogP contribution in [0, 0.1) is 5.92 Å². The van der Waals surface area contributed by atoms with Gasteiger partial charge in [-0.05, 0) is 36.1 Å². The van der Waals surface area contributed by atoms with Crippen LogP contribution in [0.25, 0.3) is 5.65 Å². The summed E-state index contributed by atoms with van der Waals surface area (Å²) in [7, 11) is 0. The zero-order chi connectivity index (χ0) is 15.1. The molecule has 1 aromatic carbocycles. The normalized spacial score (nSPS) is 20.0. The molecule has 2 atom stereocenters. The van der Waals surface area contributed by atoms with Gasteiger partial charge in [0, 0.05) is 16.6 Å². The highest BCUT2D eigenvalue weighted by Gasteiger charge is 2.45. The Morgan fingerprint density at radius 2 is 2.00 bits per heavy atom. The van der Waals surface area contributed by atoms with Crippen LogP contribution >= 0.6 is 15.9 Å². The van der Waals surface area contributed by atoms with Crippen LogP contribution in [-0.2, 0) is 4.79 Å². The molecule has 0 spiro atoms. The number of carbonyl (C=O) groups excluding carboxylic acids is 1. The lowest BCUT2D eigenvalue weighted by atomic mass is 10.1. The lowest BCUT2D eigenvalue weighted by Crippen LogP contribution is -2.16. The van der Waals surface area contributed by atoms with E-state index >= 15 is 0 Å². The van der Waals surface area contributed by atoms with Crippen molar-refractivity contribution in [1.82, 2.24) is 14.6 Å². The molecular formula is C16H13BrN4O. The fourth-order valence-corrected chi connectivity index (χ4v) is 3.31. The minimum atomic E-state index is -0.00485. The van der Waals surface area contributed by atoms with Crippen molar-refractivity contribution in [2.24, 2.45) is 5.92 Å². The Morgan fingerprint density at radius 3 is 2.86 bits per heavy atom. The first-order chi connectivity index (χ1) is 10.7. The van der Waals surface area contributed by atoms with Crippen LogP contribution in [-0.4, -0.2) is 20.5 Å². The first-order valence-corrected chi connectivity index (χ1v) is 7.88. The molecule has 2 aromatic heterocycles. The maximum Gasteiger partial charge on any atom is 0.235 e. The van der Waals surface area contributed by atoms with Crippen molar-refractivity contribution in [3.8, 4) is 0 Å². The Kier molecular flexibility index (Phi) is 3.18. The zero-order valence-corrected chi connectivity index (χ0v) is 13.2. The highest BCUT2D eigenvalue weighted by Crippen LogP contribution is 2.49. The second-order valence-corrected chi connectivity index (χ2v) is 6.27. The van der Waals surface area contributed by atoms with Gasteiger partial charge in [0.2, 0.25) is 11.9 Å². The predicted molar refractivity (Wildman–Crippen MR) is 86.6 cm³/mol. The van der Waals surface area contributed by atoms with Gasteiger partial charge in [0.1, 0.15) is 0 Å². The number of pyridine rings is 1. The maximum atomic E-state index is 12.4. The van der Waals surface area contributed by atoms with E-state index in [1.165, 1.54) is 5.56 Å². The summed E-state index contributed by atoms with van der Waals surface area (Å²) in [6.45, 7) is 0. The number of halogens is 1. The van der Waals surface area contributed by atoms with Crippen molar-refractivity contribution in [1.29, 1.82) is 0 Å². The van der Waals surface area contributed by atoms with Gasteiger partial charge < -0.3 is 0 Å².